The number of hydrogen-bond acceptors (Lipinski definition) is 5. The summed E-state index contributed by atoms with van der Waals surface area (Å²) in [4.78, 5) is 11.1. The number of nitrogens with zero attached hydrogens (tertiary/aromatic N) is 3. The van der Waals surface area contributed by atoms with Crippen LogP contribution in [-0.2, 0) is 17.9 Å². The number of rotatable bonds is 6. The van der Waals surface area contributed by atoms with Crippen molar-refractivity contribution in [1.29, 1.82) is 0 Å². The van der Waals surface area contributed by atoms with Gasteiger partial charge in [0.2, 0.25) is 0 Å². The molecule has 0 aromatic carbocycles. The highest BCUT2D eigenvalue weighted by molar-refractivity contribution is 7.07. The van der Waals surface area contributed by atoms with Gasteiger partial charge in [-0.15, -0.1) is 0 Å². The van der Waals surface area contributed by atoms with Gasteiger partial charge in [0.05, 0.1) is 0 Å². The molecule has 20 heavy (non-hydrogen) atoms. The maximum atomic E-state index is 6.11. The van der Waals surface area contributed by atoms with E-state index in [2.05, 4.69) is 31.7 Å². The molecule has 2 heterocycles. The van der Waals surface area contributed by atoms with Crippen LogP contribution in [0.5, 0.6) is 0 Å². The Kier molecular flexibility index (Phi) is 4.19. The summed E-state index contributed by atoms with van der Waals surface area (Å²) in [6.07, 6.45) is 2.43. The van der Waals surface area contributed by atoms with Gasteiger partial charge in [0.1, 0.15) is 17.6 Å². The first-order valence-electron chi connectivity index (χ1n) is 6.56. The molecule has 1 fully saturated rings. The third kappa shape index (κ3) is 3.29. The third-order valence-corrected chi connectivity index (χ3v) is 4.14. The molecule has 0 unspecified atom stereocenters. The quantitative estimate of drug-likeness (QED) is 0.765. The molecule has 0 amide bonds. The normalized spacial score (nSPS) is 14.5. The predicted molar refractivity (Wildman–Crippen MR) is 81.3 cm³/mol. The molecule has 2 aromatic rings. The second kappa shape index (κ2) is 6.08. The van der Waals surface area contributed by atoms with Gasteiger partial charge in [-0.05, 0) is 35.2 Å². The zero-order valence-corrected chi connectivity index (χ0v) is 12.8. The van der Waals surface area contributed by atoms with E-state index in [1.807, 2.05) is 6.07 Å². The molecule has 1 saturated carbocycles. The van der Waals surface area contributed by atoms with Crippen LogP contribution in [-0.4, -0.2) is 23.1 Å². The lowest BCUT2D eigenvalue weighted by atomic mass is 10.3. The molecule has 3 rings (SSSR count). The van der Waals surface area contributed by atoms with Gasteiger partial charge in [-0.3, -0.25) is 0 Å². The molecule has 106 valence electrons. The van der Waals surface area contributed by atoms with E-state index in [1.54, 1.807) is 18.4 Å². The van der Waals surface area contributed by atoms with Gasteiger partial charge in [-0.1, -0.05) is 11.6 Å². The van der Waals surface area contributed by atoms with Crippen LogP contribution in [0, 0.1) is 0 Å². The summed E-state index contributed by atoms with van der Waals surface area (Å²) in [6.45, 7) is 1.25. The predicted octanol–water partition coefficient (Wildman–Crippen LogP) is 3.51. The molecule has 6 heteroatoms. The number of ether oxygens (including phenoxy) is 1. The van der Waals surface area contributed by atoms with Crippen molar-refractivity contribution in [3.8, 4) is 0 Å². The molecule has 2 aromatic heterocycles. The van der Waals surface area contributed by atoms with Crippen LogP contribution in [0.3, 0.4) is 0 Å². The smallest absolute Gasteiger partial charge is 0.158 e. The standard InChI is InChI=1S/C14H16ClN3OS/c1-19-8-13-16-12(15)6-14(17-13)18(11-2-3-11)7-10-4-5-20-9-10/h4-6,9,11H,2-3,7-8H2,1H3. The molecule has 0 atom stereocenters. The molecule has 0 radical (unpaired) electrons. The van der Waals surface area contributed by atoms with E-state index in [0.29, 0.717) is 23.6 Å². The average molecular weight is 310 g/mol. The monoisotopic (exact) mass is 309 g/mol. The molecule has 0 aliphatic heterocycles. The molecular formula is C14H16ClN3OS. The third-order valence-electron chi connectivity index (χ3n) is 3.22. The summed E-state index contributed by atoms with van der Waals surface area (Å²) in [5, 5.41) is 4.75. The summed E-state index contributed by atoms with van der Waals surface area (Å²) in [7, 11) is 1.63. The summed E-state index contributed by atoms with van der Waals surface area (Å²) in [5.41, 5.74) is 1.31. The highest BCUT2D eigenvalue weighted by atomic mass is 35.5. The number of halogens is 1. The molecule has 0 N–H and O–H groups in total. The van der Waals surface area contributed by atoms with Gasteiger partial charge >= 0.3 is 0 Å². The Balaban J connectivity index is 1.86. The zero-order chi connectivity index (χ0) is 13.9. The minimum absolute atomic E-state index is 0.379. The fourth-order valence-electron chi connectivity index (χ4n) is 2.16. The number of thiophene rings is 1. The molecule has 0 bridgehead atoms. The number of aromatic nitrogens is 2. The highest BCUT2D eigenvalue weighted by Gasteiger charge is 2.30. The van der Waals surface area contributed by atoms with E-state index in [9.17, 15) is 0 Å². The fraction of sp³-hybridized carbons (Fsp3) is 0.429. The van der Waals surface area contributed by atoms with Crippen molar-refractivity contribution in [3.63, 3.8) is 0 Å². The molecule has 1 aliphatic carbocycles. The van der Waals surface area contributed by atoms with E-state index in [1.165, 1.54) is 18.4 Å². The molecular weight excluding hydrogens is 294 g/mol. The topological polar surface area (TPSA) is 38.2 Å². The van der Waals surface area contributed by atoms with Crippen LogP contribution in [0.1, 0.15) is 24.2 Å². The van der Waals surface area contributed by atoms with Crippen molar-refractivity contribution in [1.82, 2.24) is 9.97 Å². The van der Waals surface area contributed by atoms with Crippen LogP contribution >= 0.6 is 22.9 Å². The lowest BCUT2D eigenvalue weighted by Gasteiger charge is -2.23. The van der Waals surface area contributed by atoms with E-state index in [0.717, 1.165) is 12.4 Å². The van der Waals surface area contributed by atoms with E-state index in [4.69, 9.17) is 16.3 Å². The first-order chi connectivity index (χ1) is 9.76. The SMILES string of the molecule is COCc1nc(Cl)cc(N(Cc2ccsc2)C2CC2)n1. The first kappa shape index (κ1) is 13.8. The maximum Gasteiger partial charge on any atom is 0.158 e. The Labute approximate surface area is 127 Å². The molecule has 4 nitrogen and oxygen atoms in total. The van der Waals surface area contributed by atoms with Crippen LogP contribution in [0.2, 0.25) is 5.15 Å². The van der Waals surface area contributed by atoms with Crippen LogP contribution in [0.4, 0.5) is 5.82 Å². The summed E-state index contributed by atoms with van der Waals surface area (Å²) in [5.74, 6) is 1.52. The molecule has 0 spiro atoms. The maximum absolute atomic E-state index is 6.11. The van der Waals surface area contributed by atoms with Crippen molar-refractivity contribution >= 4 is 28.8 Å². The van der Waals surface area contributed by atoms with Gasteiger partial charge in [0, 0.05) is 25.8 Å². The second-order valence-electron chi connectivity index (χ2n) is 4.89. The van der Waals surface area contributed by atoms with Gasteiger partial charge in [0.15, 0.2) is 5.82 Å². The lowest BCUT2D eigenvalue weighted by molar-refractivity contribution is 0.178. The Morgan fingerprint density at radius 3 is 2.95 bits per heavy atom. The number of methoxy groups -OCH3 is 1. The zero-order valence-electron chi connectivity index (χ0n) is 11.3. The van der Waals surface area contributed by atoms with Gasteiger partial charge in [0.25, 0.3) is 0 Å². The molecule has 1 aliphatic rings. The lowest BCUT2D eigenvalue weighted by Crippen LogP contribution is -2.26. The highest BCUT2D eigenvalue weighted by Crippen LogP contribution is 2.33. The van der Waals surface area contributed by atoms with Gasteiger partial charge < -0.3 is 9.64 Å². The second-order valence-corrected chi connectivity index (χ2v) is 6.06. The first-order valence-corrected chi connectivity index (χ1v) is 7.88. The van der Waals surface area contributed by atoms with Crippen molar-refractivity contribution in [2.75, 3.05) is 12.0 Å². The van der Waals surface area contributed by atoms with Crippen LogP contribution in [0.25, 0.3) is 0 Å². The van der Waals surface area contributed by atoms with Crippen molar-refractivity contribution in [2.24, 2.45) is 0 Å². The summed E-state index contributed by atoms with van der Waals surface area (Å²) < 4.78 is 5.10. The van der Waals surface area contributed by atoms with E-state index in [-0.39, 0.29) is 0 Å². The minimum atomic E-state index is 0.379. The fourth-order valence-corrected chi connectivity index (χ4v) is 3.01. The Morgan fingerprint density at radius 1 is 1.45 bits per heavy atom. The summed E-state index contributed by atoms with van der Waals surface area (Å²) >= 11 is 7.82. The van der Waals surface area contributed by atoms with E-state index < -0.39 is 0 Å². The number of hydrogen-bond donors (Lipinski definition) is 0. The van der Waals surface area contributed by atoms with Gasteiger partial charge in [-0.2, -0.15) is 11.3 Å². The van der Waals surface area contributed by atoms with Crippen molar-refractivity contribution < 1.29 is 4.74 Å². The van der Waals surface area contributed by atoms with Crippen molar-refractivity contribution in [2.45, 2.75) is 32.0 Å². The summed E-state index contributed by atoms with van der Waals surface area (Å²) in [6, 6.07) is 4.56. The Bertz CT molecular complexity index is 572. The van der Waals surface area contributed by atoms with Gasteiger partial charge in [-0.25, -0.2) is 9.97 Å². The minimum Gasteiger partial charge on any atom is -0.377 e. The van der Waals surface area contributed by atoms with E-state index >= 15 is 0 Å². The van der Waals surface area contributed by atoms with Crippen LogP contribution < -0.4 is 4.90 Å². The Morgan fingerprint density at radius 2 is 2.30 bits per heavy atom. The largest absolute Gasteiger partial charge is 0.377 e. The van der Waals surface area contributed by atoms with Crippen molar-refractivity contribution in [3.05, 3.63) is 39.4 Å². The Hall–Kier alpha value is -1.17. The molecule has 0 saturated heterocycles. The van der Waals surface area contributed by atoms with Crippen LogP contribution in [0.15, 0.2) is 22.9 Å². The average Bonchev–Trinajstić information content (AvgIpc) is 3.12. The number of anilines is 1.